The van der Waals surface area contributed by atoms with Crippen molar-refractivity contribution in [1.82, 2.24) is 15.6 Å². The van der Waals surface area contributed by atoms with Gasteiger partial charge in [-0.05, 0) is 38.3 Å². The van der Waals surface area contributed by atoms with Crippen LogP contribution in [0.2, 0.25) is 0 Å². The smallest absolute Gasteiger partial charge is 0.191 e. The maximum Gasteiger partial charge on any atom is 0.191 e. The molecule has 2 heterocycles. The van der Waals surface area contributed by atoms with Gasteiger partial charge in [0.1, 0.15) is 5.82 Å². The lowest BCUT2D eigenvalue weighted by Gasteiger charge is -2.21. The molecule has 1 fully saturated rings. The number of hydrogen-bond donors (Lipinski definition) is 2. The van der Waals surface area contributed by atoms with Crippen LogP contribution in [0.3, 0.4) is 0 Å². The lowest BCUT2D eigenvalue weighted by molar-refractivity contribution is 0.726. The number of nitrogens with zero attached hydrogens (tertiary/aromatic N) is 3. The molecule has 122 valence electrons. The molecule has 0 saturated carbocycles. The topological polar surface area (TPSA) is 52.6 Å². The highest BCUT2D eigenvalue weighted by Crippen LogP contribution is 2.17. The Bertz CT molecular complexity index is 439. The Labute approximate surface area is 134 Å². The molecular formula is C17H29N5. The first-order valence-corrected chi connectivity index (χ1v) is 8.55. The van der Waals surface area contributed by atoms with Crippen molar-refractivity contribution in [2.24, 2.45) is 4.99 Å². The number of aromatic nitrogens is 1. The second kappa shape index (κ2) is 9.28. The Morgan fingerprint density at radius 3 is 2.32 bits per heavy atom. The molecule has 1 aliphatic rings. The molecule has 2 N–H and O–H groups in total. The molecule has 5 heteroatoms. The molecule has 0 radical (unpaired) electrons. The molecule has 5 nitrogen and oxygen atoms in total. The summed E-state index contributed by atoms with van der Waals surface area (Å²) in [6, 6.07) is 4.28. The van der Waals surface area contributed by atoms with Gasteiger partial charge in [-0.2, -0.15) is 0 Å². The van der Waals surface area contributed by atoms with Crippen LogP contribution in [-0.4, -0.2) is 37.1 Å². The summed E-state index contributed by atoms with van der Waals surface area (Å²) in [5.41, 5.74) is 1.15. The number of guanidine groups is 1. The van der Waals surface area contributed by atoms with Gasteiger partial charge in [-0.3, -0.25) is 0 Å². The van der Waals surface area contributed by atoms with Crippen LogP contribution >= 0.6 is 0 Å². The first kappa shape index (κ1) is 16.6. The molecule has 1 aliphatic heterocycles. The van der Waals surface area contributed by atoms with Gasteiger partial charge in [0.15, 0.2) is 5.96 Å². The van der Waals surface area contributed by atoms with Gasteiger partial charge in [0.2, 0.25) is 0 Å². The normalized spacial score (nSPS) is 15.1. The van der Waals surface area contributed by atoms with Crippen LogP contribution < -0.4 is 15.5 Å². The lowest BCUT2D eigenvalue weighted by Crippen LogP contribution is -2.36. The zero-order valence-corrected chi connectivity index (χ0v) is 13.9. The van der Waals surface area contributed by atoms with E-state index in [0.29, 0.717) is 6.54 Å². The minimum Gasteiger partial charge on any atom is -0.357 e. The second-order valence-electron chi connectivity index (χ2n) is 5.65. The fraction of sp³-hybridized carbons (Fsp3) is 0.647. The first-order chi connectivity index (χ1) is 10.8. The Kier molecular flexibility index (Phi) is 7.00. The number of pyridine rings is 1. The van der Waals surface area contributed by atoms with Crippen LogP contribution in [0.4, 0.5) is 5.82 Å². The van der Waals surface area contributed by atoms with Crippen molar-refractivity contribution in [1.29, 1.82) is 0 Å². The van der Waals surface area contributed by atoms with Crippen LogP contribution in [0.25, 0.3) is 0 Å². The van der Waals surface area contributed by atoms with E-state index in [4.69, 9.17) is 0 Å². The maximum atomic E-state index is 4.63. The highest BCUT2D eigenvalue weighted by atomic mass is 15.2. The van der Waals surface area contributed by atoms with Crippen LogP contribution in [-0.2, 0) is 6.54 Å². The third-order valence-corrected chi connectivity index (χ3v) is 3.85. The molecule has 22 heavy (non-hydrogen) atoms. The fourth-order valence-electron chi connectivity index (χ4n) is 2.68. The largest absolute Gasteiger partial charge is 0.357 e. The van der Waals surface area contributed by atoms with Gasteiger partial charge < -0.3 is 15.5 Å². The molecule has 0 unspecified atom stereocenters. The van der Waals surface area contributed by atoms with Crippen molar-refractivity contribution >= 4 is 11.8 Å². The molecule has 0 amide bonds. The van der Waals surface area contributed by atoms with Gasteiger partial charge in [-0.25, -0.2) is 9.98 Å². The Balaban J connectivity index is 1.94. The number of hydrogen-bond acceptors (Lipinski definition) is 3. The van der Waals surface area contributed by atoms with Gasteiger partial charge >= 0.3 is 0 Å². The summed E-state index contributed by atoms with van der Waals surface area (Å²) >= 11 is 0. The predicted molar refractivity (Wildman–Crippen MR) is 93.4 cm³/mol. The van der Waals surface area contributed by atoms with Crippen LogP contribution in [0.1, 0.15) is 45.1 Å². The quantitative estimate of drug-likeness (QED) is 0.648. The van der Waals surface area contributed by atoms with Crippen molar-refractivity contribution in [3.05, 3.63) is 23.9 Å². The zero-order chi connectivity index (χ0) is 15.6. The number of rotatable bonds is 5. The highest BCUT2D eigenvalue weighted by Gasteiger charge is 2.10. The molecule has 0 aliphatic carbocycles. The van der Waals surface area contributed by atoms with E-state index in [1.54, 1.807) is 0 Å². The van der Waals surface area contributed by atoms with Gasteiger partial charge in [0.25, 0.3) is 0 Å². The molecule has 1 aromatic heterocycles. The van der Waals surface area contributed by atoms with Gasteiger partial charge in [-0.15, -0.1) is 0 Å². The van der Waals surface area contributed by atoms with E-state index in [1.807, 2.05) is 6.20 Å². The number of aliphatic imine (C=N–C) groups is 1. The third kappa shape index (κ3) is 5.20. The second-order valence-corrected chi connectivity index (χ2v) is 5.65. The zero-order valence-electron chi connectivity index (χ0n) is 13.9. The molecule has 1 aromatic rings. The van der Waals surface area contributed by atoms with Crippen LogP contribution in [0.5, 0.6) is 0 Å². The van der Waals surface area contributed by atoms with E-state index in [1.165, 1.54) is 25.7 Å². The summed E-state index contributed by atoms with van der Waals surface area (Å²) in [4.78, 5) is 11.6. The fourth-order valence-corrected chi connectivity index (χ4v) is 2.68. The monoisotopic (exact) mass is 303 g/mol. The number of nitrogens with one attached hydrogen (secondary N) is 2. The van der Waals surface area contributed by atoms with Gasteiger partial charge in [-0.1, -0.05) is 18.9 Å². The van der Waals surface area contributed by atoms with E-state index in [-0.39, 0.29) is 0 Å². The molecule has 2 rings (SSSR count). The van der Waals surface area contributed by atoms with Crippen LogP contribution in [0, 0.1) is 0 Å². The van der Waals surface area contributed by atoms with E-state index < -0.39 is 0 Å². The van der Waals surface area contributed by atoms with E-state index in [0.717, 1.165) is 43.5 Å². The van der Waals surface area contributed by atoms with Crippen molar-refractivity contribution < 1.29 is 0 Å². The Hall–Kier alpha value is -1.78. The average molecular weight is 303 g/mol. The summed E-state index contributed by atoms with van der Waals surface area (Å²) in [5, 5.41) is 6.47. The van der Waals surface area contributed by atoms with Gasteiger partial charge in [0.05, 0.1) is 6.54 Å². The summed E-state index contributed by atoms with van der Waals surface area (Å²) < 4.78 is 0. The van der Waals surface area contributed by atoms with Gasteiger partial charge in [0, 0.05) is 32.4 Å². The molecule has 0 aromatic carbocycles. The molecular weight excluding hydrogens is 274 g/mol. The third-order valence-electron chi connectivity index (χ3n) is 3.85. The Morgan fingerprint density at radius 2 is 1.77 bits per heavy atom. The van der Waals surface area contributed by atoms with E-state index in [2.05, 4.69) is 51.5 Å². The standard InChI is InChI=1S/C17H29N5/c1-3-18-17(19-4-2)21-14-15-9-10-16(20-13-15)22-11-7-5-6-8-12-22/h9-10,13H,3-8,11-12,14H2,1-2H3,(H2,18,19,21). The average Bonchev–Trinajstić information content (AvgIpc) is 2.83. The molecule has 0 spiro atoms. The summed E-state index contributed by atoms with van der Waals surface area (Å²) in [6.45, 7) is 8.82. The van der Waals surface area contributed by atoms with Crippen molar-refractivity contribution in [3.8, 4) is 0 Å². The van der Waals surface area contributed by atoms with E-state index in [9.17, 15) is 0 Å². The summed E-state index contributed by atoms with van der Waals surface area (Å²) in [6.07, 6.45) is 7.21. The predicted octanol–water partition coefficient (Wildman–Crippen LogP) is 2.54. The number of anilines is 1. The van der Waals surface area contributed by atoms with Crippen LogP contribution in [0.15, 0.2) is 23.3 Å². The minimum atomic E-state index is 0.655. The molecule has 0 atom stereocenters. The van der Waals surface area contributed by atoms with Crippen molar-refractivity contribution in [3.63, 3.8) is 0 Å². The SMILES string of the molecule is CCNC(=NCc1ccc(N2CCCCCC2)nc1)NCC. The molecule has 1 saturated heterocycles. The van der Waals surface area contributed by atoms with E-state index >= 15 is 0 Å². The van der Waals surface area contributed by atoms with Crippen molar-refractivity contribution in [2.75, 3.05) is 31.1 Å². The summed E-state index contributed by atoms with van der Waals surface area (Å²) in [7, 11) is 0. The lowest BCUT2D eigenvalue weighted by atomic mass is 10.2. The molecule has 0 bridgehead atoms. The van der Waals surface area contributed by atoms with Crippen molar-refractivity contribution in [2.45, 2.75) is 46.1 Å². The first-order valence-electron chi connectivity index (χ1n) is 8.55. The highest BCUT2D eigenvalue weighted by molar-refractivity contribution is 5.79. The summed E-state index contributed by atoms with van der Waals surface area (Å²) in [5.74, 6) is 1.97. The maximum absolute atomic E-state index is 4.63. The Morgan fingerprint density at radius 1 is 1.09 bits per heavy atom. The minimum absolute atomic E-state index is 0.655.